The Morgan fingerprint density at radius 1 is 0.842 bits per heavy atom. The van der Waals surface area contributed by atoms with E-state index in [1.807, 2.05) is 0 Å². The summed E-state index contributed by atoms with van der Waals surface area (Å²) in [6, 6.07) is 17.4. The van der Waals surface area contributed by atoms with Crippen LogP contribution >= 0.6 is 11.3 Å². The van der Waals surface area contributed by atoms with Crippen LogP contribution in [0.1, 0.15) is 69.4 Å². The fraction of sp³-hybridized carbons (Fsp3) is 0.353. The fourth-order valence-electron chi connectivity index (χ4n) is 5.69. The van der Waals surface area contributed by atoms with E-state index in [9.17, 15) is 4.39 Å². The van der Waals surface area contributed by atoms with Crippen LogP contribution in [-0.4, -0.2) is 9.97 Å². The van der Waals surface area contributed by atoms with Crippen LogP contribution in [0.5, 0.6) is 0 Å². The number of halogens is 1. The summed E-state index contributed by atoms with van der Waals surface area (Å²) >= 11 is 1.68. The highest BCUT2D eigenvalue weighted by Gasteiger charge is 2.24. The standard InChI is InChI=1S/C34H37FN2S/c1-19-14-22(18-33(4,5)6)15-20(2)27(19)30-21(3)28-31(38-30)29(37-32(35)36-28)24-16-23-12-10-11-13-25(23)26(17-24)34(7,8)9/h10-17H,18H2,1-9H3. The zero-order valence-corrected chi connectivity index (χ0v) is 24.8. The molecule has 0 aliphatic rings. The van der Waals surface area contributed by atoms with Gasteiger partial charge in [-0.25, -0.2) is 9.97 Å². The van der Waals surface area contributed by atoms with Crippen LogP contribution in [0.25, 0.3) is 42.7 Å². The Labute approximate surface area is 230 Å². The smallest absolute Gasteiger partial charge is 0.201 e. The van der Waals surface area contributed by atoms with Gasteiger partial charge in [0.25, 0.3) is 0 Å². The third kappa shape index (κ3) is 4.87. The minimum absolute atomic E-state index is 0.0696. The summed E-state index contributed by atoms with van der Waals surface area (Å²) in [5.41, 5.74) is 9.77. The highest BCUT2D eigenvalue weighted by molar-refractivity contribution is 7.23. The first-order valence-corrected chi connectivity index (χ1v) is 14.2. The van der Waals surface area contributed by atoms with Gasteiger partial charge in [-0.15, -0.1) is 11.3 Å². The Morgan fingerprint density at radius 2 is 1.50 bits per heavy atom. The van der Waals surface area contributed by atoms with Gasteiger partial charge < -0.3 is 0 Å². The lowest BCUT2D eigenvalue weighted by Crippen LogP contribution is -2.12. The van der Waals surface area contributed by atoms with Crippen LogP contribution in [0.4, 0.5) is 4.39 Å². The van der Waals surface area contributed by atoms with Gasteiger partial charge in [0.1, 0.15) is 0 Å². The molecule has 2 heterocycles. The number of thiophene rings is 1. The van der Waals surface area contributed by atoms with E-state index in [2.05, 4.69) is 121 Å². The summed E-state index contributed by atoms with van der Waals surface area (Å²) < 4.78 is 15.9. The lowest BCUT2D eigenvalue weighted by Gasteiger charge is -2.22. The largest absolute Gasteiger partial charge is 0.309 e. The molecule has 2 aromatic heterocycles. The van der Waals surface area contributed by atoms with E-state index >= 15 is 0 Å². The Hall–Kier alpha value is -3.11. The number of nitrogens with zero attached hydrogens (tertiary/aromatic N) is 2. The van der Waals surface area contributed by atoms with Crippen molar-refractivity contribution in [3.8, 4) is 21.7 Å². The van der Waals surface area contributed by atoms with Crippen molar-refractivity contribution in [3.63, 3.8) is 0 Å². The number of rotatable bonds is 3. The molecule has 0 aliphatic heterocycles. The Kier molecular flexibility index (Phi) is 6.46. The van der Waals surface area contributed by atoms with Crippen LogP contribution in [0, 0.1) is 32.3 Å². The summed E-state index contributed by atoms with van der Waals surface area (Å²) in [5.74, 6) is 0. The number of hydrogen-bond donors (Lipinski definition) is 0. The summed E-state index contributed by atoms with van der Waals surface area (Å²) in [7, 11) is 0. The molecule has 5 rings (SSSR count). The first-order valence-electron chi connectivity index (χ1n) is 13.3. The third-order valence-electron chi connectivity index (χ3n) is 7.24. The number of aromatic nitrogens is 2. The zero-order valence-electron chi connectivity index (χ0n) is 24.0. The lowest BCUT2D eigenvalue weighted by atomic mass is 9.82. The van der Waals surface area contributed by atoms with Gasteiger partial charge in [-0.05, 0) is 94.3 Å². The van der Waals surface area contributed by atoms with Crippen LogP contribution in [0.3, 0.4) is 0 Å². The van der Waals surface area contributed by atoms with Gasteiger partial charge in [-0.1, -0.05) is 77.9 Å². The fourth-order valence-corrected chi connectivity index (χ4v) is 7.12. The molecule has 0 aliphatic carbocycles. The van der Waals surface area contributed by atoms with Crippen molar-refractivity contribution >= 4 is 32.3 Å². The topological polar surface area (TPSA) is 25.8 Å². The summed E-state index contributed by atoms with van der Waals surface area (Å²) in [6.07, 6.45) is 0.346. The molecule has 0 amide bonds. The van der Waals surface area contributed by atoms with E-state index in [1.165, 1.54) is 33.2 Å². The molecular weight excluding hydrogens is 487 g/mol. The molecule has 5 aromatic rings. The van der Waals surface area contributed by atoms with E-state index in [0.717, 1.165) is 32.5 Å². The molecule has 0 N–H and O–H groups in total. The minimum Gasteiger partial charge on any atom is -0.201 e. The number of hydrogen-bond acceptors (Lipinski definition) is 3. The van der Waals surface area contributed by atoms with Crippen molar-refractivity contribution in [2.75, 3.05) is 0 Å². The number of aryl methyl sites for hydroxylation is 3. The molecule has 0 unspecified atom stereocenters. The average molecular weight is 525 g/mol. The van der Waals surface area contributed by atoms with Crippen molar-refractivity contribution in [1.29, 1.82) is 0 Å². The van der Waals surface area contributed by atoms with E-state index < -0.39 is 6.08 Å². The van der Waals surface area contributed by atoms with Gasteiger partial charge in [-0.3, -0.25) is 0 Å². The van der Waals surface area contributed by atoms with Crippen molar-refractivity contribution < 1.29 is 4.39 Å². The molecule has 0 atom stereocenters. The van der Waals surface area contributed by atoms with Gasteiger partial charge >= 0.3 is 6.08 Å². The molecule has 0 bridgehead atoms. The molecule has 0 spiro atoms. The maximum absolute atomic E-state index is 15.0. The first kappa shape index (κ1) is 26.5. The maximum Gasteiger partial charge on any atom is 0.309 e. The second kappa shape index (κ2) is 9.27. The highest BCUT2D eigenvalue weighted by Crippen LogP contribution is 2.45. The van der Waals surface area contributed by atoms with Gasteiger partial charge in [-0.2, -0.15) is 4.39 Å². The Bertz CT molecular complexity index is 1670. The van der Waals surface area contributed by atoms with Crippen LogP contribution < -0.4 is 0 Å². The monoisotopic (exact) mass is 524 g/mol. The molecule has 196 valence electrons. The summed E-state index contributed by atoms with van der Waals surface area (Å²) in [6.45, 7) is 19.9. The second-order valence-corrected chi connectivity index (χ2v) is 13.9. The average Bonchev–Trinajstić information content (AvgIpc) is 3.11. The van der Waals surface area contributed by atoms with E-state index in [1.54, 1.807) is 11.3 Å². The van der Waals surface area contributed by atoms with Crippen LogP contribution in [0.15, 0.2) is 48.5 Å². The predicted octanol–water partition coefficient (Wildman–Crippen LogP) is 10.1. The molecule has 2 nitrogen and oxygen atoms in total. The molecule has 0 radical (unpaired) electrons. The van der Waals surface area contributed by atoms with E-state index in [0.29, 0.717) is 11.2 Å². The maximum atomic E-state index is 15.0. The molecule has 0 fully saturated rings. The van der Waals surface area contributed by atoms with Crippen molar-refractivity contribution in [3.05, 3.63) is 82.4 Å². The first-order chi connectivity index (χ1) is 17.7. The number of fused-ring (bicyclic) bond motifs is 2. The van der Waals surface area contributed by atoms with E-state index in [4.69, 9.17) is 0 Å². The predicted molar refractivity (Wildman–Crippen MR) is 162 cm³/mol. The molecule has 3 aromatic carbocycles. The Morgan fingerprint density at radius 3 is 2.13 bits per heavy atom. The number of benzene rings is 3. The van der Waals surface area contributed by atoms with Gasteiger partial charge in [0.2, 0.25) is 0 Å². The van der Waals surface area contributed by atoms with Crippen LogP contribution in [-0.2, 0) is 11.8 Å². The molecular formula is C34H37FN2S. The minimum atomic E-state index is -0.681. The molecule has 38 heavy (non-hydrogen) atoms. The summed E-state index contributed by atoms with van der Waals surface area (Å²) in [4.78, 5) is 9.83. The normalized spacial score (nSPS) is 12.6. The molecule has 0 saturated carbocycles. The van der Waals surface area contributed by atoms with Gasteiger partial charge in [0, 0.05) is 10.4 Å². The summed E-state index contributed by atoms with van der Waals surface area (Å²) in [5, 5.41) is 2.36. The van der Waals surface area contributed by atoms with E-state index in [-0.39, 0.29) is 10.8 Å². The molecule has 0 saturated heterocycles. The van der Waals surface area contributed by atoms with Crippen LogP contribution in [0.2, 0.25) is 0 Å². The van der Waals surface area contributed by atoms with Crippen molar-refractivity contribution in [1.82, 2.24) is 9.97 Å². The lowest BCUT2D eigenvalue weighted by molar-refractivity contribution is 0.411. The quantitative estimate of drug-likeness (QED) is 0.219. The molecule has 4 heteroatoms. The third-order valence-corrected chi connectivity index (χ3v) is 8.54. The van der Waals surface area contributed by atoms with Gasteiger partial charge in [0.05, 0.1) is 15.9 Å². The van der Waals surface area contributed by atoms with Crippen molar-refractivity contribution in [2.45, 2.75) is 74.1 Å². The second-order valence-electron chi connectivity index (χ2n) is 12.9. The van der Waals surface area contributed by atoms with Crippen molar-refractivity contribution in [2.24, 2.45) is 5.41 Å². The Balaban J connectivity index is 1.75. The zero-order chi connectivity index (χ0) is 27.6. The van der Waals surface area contributed by atoms with Gasteiger partial charge in [0.15, 0.2) is 0 Å². The highest BCUT2D eigenvalue weighted by atomic mass is 32.1. The SMILES string of the molecule is Cc1cc(CC(C)(C)C)cc(C)c1-c1sc2c(-c3cc(C(C)(C)C)c4ccccc4c3)nc(F)nc2c1C.